The first-order valence-corrected chi connectivity index (χ1v) is 13.3. The number of hydrogen-bond donors (Lipinski definition) is 0. The van der Waals surface area contributed by atoms with E-state index in [-0.39, 0.29) is 24.5 Å². The van der Waals surface area contributed by atoms with Crippen LogP contribution in [-0.2, 0) is 23.8 Å². The zero-order valence-corrected chi connectivity index (χ0v) is 21.5. The maximum absolute atomic E-state index is 12.7. The van der Waals surface area contributed by atoms with E-state index in [1.165, 1.54) is 41.2 Å². The molecular formula is C24H38N2O7S. The van der Waals surface area contributed by atoms with Crippen LogP contribution in [0.1, 0.15) is 57.4 Å². The number of benzene rings is 1. The third-order valence-electron chi connectivity index (χ3n) is 5.69. The molecule has 34 heavy (non-hydrogen) atoms. The van der Waals surface area contributed by atoms with Crippen molar-refractivity contribution < 1.29 is 31.7 Å². The van der Waals surface area contributed by atoms with Gasteiger partial charge in [-0.2, -0.15) is 8.42 Å². The Morgan fingerprint density at radius 2 is 1.71 bits per heavy atom. The Kier molecular flexibility index (Phi) is 11.1. The standard InChI is InChI=1S/C24H38N2O7S/c1-5-6-7-8-9-10-15-31-24(28)26-17-21(33-23(27)25(3)4)16-20(26)18-32-34(29,30)22-13-11-19(2)12-14-22/h11-14,20-21H,5-10,15-18H2,1-4H3/t20-,21+/m0/s1. The number of unbranched alkanes of at least 4 members (excludes halogenated alkanes) is 5. The predicted molar refractivity (Wildman–Crippen MR) is 128 cm³/mol. The van der Waals surface area contributed by atoms with Gasteiger partial charge < -0.3 is 14.4 Å². The number of carbonyl (C=O) groups excluding carboxylic acids is 2. The second-order valence-electron chi connectivity index (χ2n) is 8.88. The smallest absolute Gasteiger partial charge is 0.410 e. The second kappa shape index (κ2) is 13.5. The summed E-state index contributed by atoms with van der Waals surface area (Å²) in [4.78, 5) is 27.5. The van der Waals surface area contributed by atoms with Crippen molar-refractivity contribution in [2.24, 2.45) is 0 Å². The summed E-state index contributed by atoms with van der Waals surface area (Å²) in [5, 5.41) is 0. The normalized spacial score (nSPS) is 18.1. The fourth-order valence-electron chi connectivity index (χ4n) is 3.65. The zero-order chi connectivity index (χ0) is 25.1. The number of rotatable bonds is 12. The lowest BCUT2D eigenvalue weighted by molar-refractivity contribution is 0.0698. The molecule has 1 saturated heterocycles. The van der Waals surface area contributed by atoms with Crippen LogP contribution in [0.2, 0.25) is 0 Å². The monoisotopic (exact) mass is 498 g/mol. The fourth-order valence-corrected chi connectivity index (χ4v) is 4.60. The van der Waals surface area contributed by atoms with E-state index in [2.05, 4.69) is 6.92 Å². The van der Waals surface area contributed by atoms with Crippen molar-refractivity contribution in [2.45, 2.75) is 75.8 Å². The average molecular weight is 499 g/mol. The molecule has 1 fully saturated rings. The lowest BCUT2D eigenvalue weighted by Gasteiger charge is -2.23. The molecule has 9 nitrogen and oxygen atoms in total. The maximum atomic E-state index is 12.7. The quantitative estimate of drug-likeness (QED) is 0.312. The first kappa shape index (κ1) is 27.9. The molecule has 1 aromatic carbocycles. The Hall–Kier alpha value is -2.33. The van der Waals surface area contributed by atoms with E-state index in [9.17, 15) is 18.0 Å². The van der Waals surface area contributed by atoms with E-state index in [0.717, 1.165) is 24.8 Å². The summed E-state index contributed by atoms with van der Waals surface area (Å²) in [7, 11) is -0.858. The molecule has 1 aromatic rings. The van der Waals surface area contributed by atoms with Crippen molar-refractivity contribution in [3.8, 4) is 0 Å². The molecule has 2 amide bonds. The van der Waals surface area contributed by atoms with Crippen molar-refractivity contribution in [3.63, 3.8) is 0 Å². The first-order chi connectivity index (χ1) is 16.1. The third kappa shape index (κ3) is 8.79. The molecule has 0 spiro atoms. The van der Waals surface area contributed by atoms with E-state index in [1.807, 2.05) is 6.92 Å². The molecule has 2 rings (SSSR count). The third-order valence-corrected chi connectivity index (χ3v) is 6.99. The van der Waals surface area contributed by atoms with Crippen LogP contribution in [0.15, 0.2) is 29.2 Å². The van der Waals surface area contributed by atoms with Crippen LogP contribution < -0.4 is 0 Å². The lowest BCUT2D eigenvalue weighted by atomic mass is 10.1. The minimum atomic E-state index is -3.99. The van der Waals surface area contributed by atoms with Gasteiger partial charge in [0.2, 0.25) is 0 Å². The van der Waals surface area contributed by atoms with Gasteiger partial charge in [0.1, 0.15) is 6.10 Å². The van der Waals surface area contributed by atoms with Crippen molar-refractivity contribution in [2.75, 3.05) is 33.9 Å². The molecule has 192 valence electrons. The Bertz CT molecular complexity index is 887. The summed E-state index contributed by atoms with van der Waals surface area (Å²) in [6.07, 6.45) is 5.00. The number of amides is 2. The van der Waals surface area contributed by atoms with E-state index >= 15 is 0 Å². The van der Waals surface area contributed by atoms with E-state index in [0.29, 0.717) is 6.61 Å². The minimum absolute atomic E-state index is 0.0453. The van der Waals surface area contributed by atoms with Gasteiger partial charge in [-0.3, -0.25) is 9.08 Å². The highest BCUT2D eigenvalue weighted by Gasteiger charge is 2.39. The summed E-state index contributed by atoms with van der Waals surface area (Å²) in [6, 6.07) is 5.74. The second-order valence-corrected chi connectivity index (χ2v) is 10.5. The molecule has 0 saturated carbocycles. The van der Waals surface area contributed by atoms with Gasteiger partial charge in [-0.1, -0.05) is 56.7 Å². The van der Waals surface area contributed by atoms with Crippen LogP contribution in [0.25, 0.3) is 0 Å². The Morgan fingerprint density at radius 3 is 2.35 bits per heavy atom. The molecule has 0 bridgehead atoms. The van der Waals surface area contributed by atoms with Crippen LogP contribution in [0.4, 0.5) is 9.59 Å². The predicted octanol–water partition coefficient (Wildman–Crippen LogP) is 4.34. The van der Waals surface area contributed by atoms with Crippen LogP contribution >= 0.6 is 0 Å². The SMILES string of the molecule is CCCCCCCCOC(=O)N1C[C@H](OC(=O)N(C)C)C[C@H]1COS(=O)(=O)c1ccc(C)cc1. The maximum Gasteiger partial charge on any atom is 0.410 e. The Balaban J connectivity index is 1.96. The topological polar surface area (TPSA) is 102 Å². The van der Waals surface area contributed by atoms with Gasteiger partial charge in [0, 0.05) is 20.5 Å². The first-order valence-electron chi connectivity index (χ1n) is 11.9. The van der Waals surface area contributed by atoms with Crippen molar-refractivity contribution in [1.29, 1.82) is 0 Å². The average Bonchev–Trinajstić information content (AvgIpc) is 3.20. The number of nitrogens with zero attached hydrogens (tertiary/aromatic N) is 2. The van der Waals surface area contributed by atoms with Crippen molar-refractivity contribution >= 4 is 22.3 Å². The minimum Gasteiger partial charge on any atom is -0.449 e. The van der Waals surface area contributed by atoms with Crippen LogP contribution in [0, 0.1) is 6.92 Å². The van der Waals surface area contributed by atoms with Crippen LogP contribution in [0.5, 0.6) is 0 Å². The number of likely N-dealkylation sites (tertiary alicyclic amines) is 1. The Labute approximate surface area is 203 Å². The van der Waals surface area contributed by atoms with E-state index in [1.54, 1.807) is 26.2 Å². The van der Waals surface area contributed by atoms with E-state index < -0.39 is 34.5 Å². The summed E-state index contributed by atoms with van der Waals surface area (Å²) >= 11 is 0. The highest BCUT2D eigenvalue weighted by Crippen LogP contribution is 2.24. The molecule has 1 aliphatic rings. The molecular weight excluding hydrogens is 460 g/mol. The van der Waals surface area contributed by atoms with Gasteiger partial charge >= 0.3 is 12.2 Å². The van der Waals surface area contributed by atoms with Gasteiger partial charge in [0.05, 0.1) is 30.7 Å². The fraction of sp³-hybridized carbons (Fsp3) is 0.667. The zero-order valence-electron chi connectivity index (χ0n) is 20.7. The molecule has 0 aromatic heterocycles. The molecule has 2 atom stereocenters. The molecule has 0 N–H and O–H groups in total. The van der Waals surface area contributed by atoms with Gasteiger partial charge in [0.25, 0.3) is 10.1 Å². The van der Waals surface area contributed by atoms with Gasteiger partial charge in [0.15, 0.2) is 0 Å². The van der Waals surface area contributed by atoms with Crippen LogP contribution in [-0.4, -0.2) is 76.4 Å². The molecule has 0 aliphatic carbocycles. The van der Waals surface area contributed by atoms with Crippen LogP contribution in [0.3, 0.4) is 0 Å². The number of aryl methyl sites for hydroxylation is 1. The van der Waals surface area contributed by atoms with Crippen molar-refractivity contribution in [3.05, 3.63) is 29.8 Å². The highest BCUT2D eigenvalue weighted by atomic mass is 32.2. The molecule has 0 unspecified atom stereocenters. The summed E-state index contributed by atoms with van der Waals surface area (Å²) in [5.74, 6) is 0. The summed E-state index contributed by atoms with van der Waals surface area (Å²) in [6.45, 7) is 4.18. The molecule has 10 heteroatoms. The summed E-state index contributed by atoms with van der Waals surface area (Å²) < 4.78 is 41.3. The van der Waals surface area contributed by atoms with Gasteiger partial charge in [-0.25, -0.2) is 9.59 Å². The number of hydrogen-bond acceptors (Lipinski definition) is 7. The highest BCUT2D eigenvalue weighted by molar-refractivity contribution is 7.86. The number of carbonyl (C=O) groups is 2. The number of ether oxygens (including phenoxy) is 2. The molecule has 1 aliphatic heterocycles. The van der Waals surface area contributed by atoms with E-state index in [4.69, 9.17) is 13.7 Å². The molecule has 0 radical (unpaired) electrons. The van der Waals surface area contributed by atoms with Gasteiger partial charge in [-0.15, -0.1) is 0 Å². The Morgan fingerprint density at radius 1 is 1.06 bits per heavy atom. The molecule has 1 heterocycles. The summed E-state index contributed by atoms with van der Waals surface area (Å²) in [5.41, 5.74) is 0.930. The van der Waals surface area contributed by atoms with Gasteiger partial charge in [-0.05, 0) is 25.5 Å². The van der Waals surface area contributed by atoms with Crippen molar-refractivity contribution in [1.82, 2.24) is 9.80 Å². The largest absolute Gasteiger partial charge is 0.449 e. The lowest BCUT2D eigenvalue weighted by Crippen LogP contribution is -2.39.